The molecule has 0 radical (unpaired) electrons. The Bertz CT molecular complexity index is 947. The van der Waals surface area contributed by atoms with Crippen LogP contribution in [0.4, 0.5) is 5.13 Å². The molecule has 0 saturated carbocycles. The fourth-order valence-electron chi connectivity index (χ4n) is 2.21. The smallest absolute Gasteiger partial charge is 0.250 e. The lowest BCUT2D eigenvalue weighted by Crippen LogP contribution is -2.07. The van der Waals surface area contributed by atoms with Gasteiger partial charge in [0.2, 0.25) is 11.0 Å². The number of para-hydroxylation sites is 1. The van der Waals surface area contributed by atoms with Crippen LogP contribution in [0, 0.1) is 6.92 Å². The van der Waals surface area contributed by atoms with Gasteiger partial charge in [-0.1, -0.05) is 43.4 Å². The van der Waals surface area contributed by atoms with Gasteiger partial charge in [0, 0.05) is 22.9 Å². The number of nitrogens with one attached hydrogen (secondary N) is 1. The summed E-state index contributed by atoms with van der Waals surface area (Å²) < 4.78 is 5.86. The summed E-state index contributed by atoms with van der Waals surface area (Å²) in [6.07, 6.45) is 3.19. The lowest BCUT2D eigenvalue weighted by Gasteiger charge is -2.07. The van der Waals surface area contributed by atoms with E-state index in [0.717, 1.165) is 21.3 Å². The summed E-state index contributed by atoms with van der Waals surface area (Å²) >= 11 is 2.98. The number of nitrogens with zero attached hydrogens (tertiary/aromatic N) is 3. The number of hydrogen-bond acceptors (Lipinski definition) is 7. The minimum absolute atomic E-state index is 0.258. The molecule has 1 amide bonds. The second-order valence-electron chi connectivity index (χ2n) is 6.11. The maximum Gasteiger partial charge on any atom is 0.250 e. The molecule has 3 rings (SSSR count). The van der Waals surface area contributed by atoms with Gasteiger partial charge in [-0.25, -0.2) is 4.98 Å². The first-order valence-corrected chi connectivity index (χ1v) is 10.2. The van der Waals surface area contributed by atoms with E-state index in [4.69, 9.17) is 4.74 Å². The summed E-state index contributed by atoms with van der Waals surface area (Å²) in [4.78, 5) is 16.5. The van der Waals surface area contributed by atoms with Gasteiger partial charge in [0.1, 0.15) is 17.4 Å². The zero-order chi connectivity index (χ0) is 19.2. The van der Waals surface area contributed by atoms with Crippen molar-refractivity contribution in [3.05, 3.63) is 57.0 Å². The topological polar surface area (TPSA) is 77.0 Å². The highest BCUT2D eigenvalue weighted by atomic mass is 32.1. The third-order valence-corrected chi connectivity index (χ3v) is 5.50. The molecule has 2 aromatic heterocycles. The van der Waals surface area contributed by atoms with E-state index < -0.39 is 0 Å². The van der Waals surface area contributed by atoms with Crippen LogP contribution in [0.15, 0.2) is 35.7 Å². The molecule has 0 saturated heterocycles. The van der Waals surface area contributed by atoms with Gasteiger partial charge >= 0.3 is 0 Å². The molecule has 0 aliphatic rings. The minimum Gasteiger partial charge on any atom is -0.487 e. The second kappa shape index (κ2) is 8.88. The summed E-state index contributed by atoms with van der Waals surface area (Å²) in [6, 6.07) is 7.56. The molecule has 1 N–H and O–H groups in total. The molecule has 0 bridgehead atoms. The molecule has 0 atom stereocenters. The zero-order valence-corrected chi connectivity index (χ0v) is 16.9. The number of amides is 1. The molecule has 0 aliphatic carbocycles. The molecule has 2 heterocycles. The number of aryl methyl sites for hydroxylation is 1. The van der Waals surface area contributed by atoms with Gasteiger partial charge in [0.15, 0.2) is 0 Å². The standard InChI is InChI=1S/C19H20N4O2S2/c1-12(2)18-22-23-19(27-18)21-17(24)9-8-14-6-4-5-7-16(14)25-10-15-11-26-13(3)20-15/h4-9,11-12H,10H2,1-3H3,(H,21,23,24). The molecule has 0 unspecified atom stereocenters. The lowest BCUT2D eigenvalue weighted by molar-refractivity contribution is -0.111. The Morgan fingerprint density at radius 1 is 1.30 bits per heavy atom. The van der Waals surface area contributed by atoms with Gasteiger partial charge in [-0.05, 0) is 19.1 Å². The van der Waals surface area contributed by atoms with Crippen molar-refractivity contribution in [3.63, 3.8) is 0 Å². The number of carbonyl (C=O) groups is 1. The van der Waals surface area contributed by atoms with Crippen LogP contribution in [0.5, 0.6) is 5.75 Å². The number of ether oxygens (including phenoxy) is 1. The fourth-order valence-corrected chi connectivity index (χ4v) is 3.55. The van der Waals surface area contributed by atoms with Crippen LogP contribution < -0.4 is 10.1 Å². The predicted molar refractivity (Wildman–Crippen MR) is 109 cm³/mol. The summed E-state index contributed by atoms with van der Waals surface area (Å²) in [5.74, 6) is 0.728. The highest BCUT2D eigenvalue weighted by Crippen LogP contribution is 2.23. The van der Waals surface area contributed by atoms with Crippen LogP contribution in [-0.4, -0.2) is 21.1 Å². The van der Waals surface area contributed by atoms with Crippen molar-refractivity contribution < 1.29 is 9.53 Å². The number of rotatable bonds is 7. The molecule has 6 nitrogen and oxygen atoms in total. The van der Waals surface area contributed by atoms with Gasteiger partial charge in [-0.15, -0.1) is 21.5 Å². The number of aromatic nitrogens is 3. The zero-order valence-electron chi connectivity index (χ0n) is 15.3. The third kappa shape index (κ3) is 5.45. The predicted octanol–water partition coefficient (Wildman–Crippen LogP) is 4.66. The van der Waals surface area contributed by atoms with Crippen LogP contribution >= 0.6 is 22.7 Å². The van der Waals surface area contributed by atoms with Crippen LogP contribution in [-0.2, 0) is 11.4 Å². The highest BCUT2D eigenvalue weighted by molar-refractivity contribution is 7.15. The molecular formula is C19H20N4O2S2. The van der Waals surface area contributed by atoms with E-state index in [1.165, 1.54) is 17.4 Å². The summed E-state index contributed by atoms with van der Waals surface area (Å²) in [5, 5.41) is 15.2. The minimum atomic E-state index is -0.258. The van der Waals surface area contributed by atoms with Crippen molar-refractivity contribution in [3.8, 4) is 5.75 Å². The Balaban J connectivity index is 1.62. The van der Waals surface area contributed by atoms with Gasteiger partial charge in [0.05, 0.1) is 10.7 Å². The van der Waals surface area contributed by atoms with E-state index in [1.807, 2.05) is 50.4 Å². The number of carbonyl (C=O) groups excluding carboxylic acids is 1. The van der Waals surface area contributed by atoms with Crippen molar-refractivity contribution >= 4 is 39.8 Å². The lowest BCUT2D eigenvalue weighted by atomic mass is 10.2. The Labute approximate surface area is 166 Å². The van der Waals surface area contributed by atoms with Crippen LogP contribution in [0.2, 0.25) is 0 Å². The maximum atomic E-state index is 12.1. The summed E-state index contributed by atoms with van der Waals surface area (Å²) in [7, 11) is 0. The van der Waals surface area contributed by atoms with Crippen molar-refractivity contribution in [2.45, 2.75) is 33.3 Å². The van der Waals surface area contributed by atoms with E-state index in [1.54, 1.807) is 17.4 Å². The van der Waals surface area contributed by atoms with E-state index in [-0.39, 0.29) is 11.8 Å². The van der Waals surface area contributed by atoms with E-state index in [2.05, 4.69) is 20.5 Å². The highest BCUT2D eigenvalue weighted by Gasteiger charge is 2.09. The molecule has 8 heteroatoms. The monoisotopic (exact) mass is 400 g/mol. The van der Waals surface area contributed by atoms with Crippen molar-refractivity contribution in [2.75, 3.05) is 5.32 Å². The fraction of sp³-hybridized carbons (Fsp3) is 0.263. The average molecular weight is 401 g/mol. The number of benzene rings is 1. The van der Waals surface area contributed by atoms with E-state index in [9.17, 15) is 4.79 Å². The molecule has 140 valence electrons. The quantitative estimate of drug-likeness (QED) is 0.584. The molecule has 0 fully saturated rings. The Morgan fingerprint density at radius 2 is 2.11 bits per heavy atom. The van der Waals surface area contributed by atoms with E-state index in [0.29, 0.717) is 17.5 Å². The average Bonchev–Trinajstić information content (AvgIpc) is 3.28. The second-order valence-corrected chi connectivity index (χ2v) is 8.18. The maximum absolute atomic E-state index is 12.1. The summed E-state index contributed by atoms with van der Waals surface area (Å²) in [6.45, 7) is 6.43. The first-order chi connectivity index (χ1) is 13.0. The van der Waals surface area contributed by atoms with E-state index >= 15 is 0 Å². The first-order valence-electron chi connectivity index (χ1n) is 8.46. The van der Waals surface area contributed by atoms with Crippen molar-refractivity contribution in [1.82, 2.24) is 15.2 Å². The van der Waals surface area contributed by atoms with Gasteiger partial charge in [-0.3, -0.25) is 10.1 Å². The van der Waals surface area contributed by atoms with Crippen molar-refractivity contribution in [2.24, 2.45) is 0 Å². The Morgan fingerprint density at radius 3 is 2.81 bits per heavy atom. The molecule has 0 spiro atoms. The van der Waals surface area contributed by atoms with Crippen LogP contribution in [0.3, 0.4) is 0 Å². The summed E-state index contributed by atoms with van der Waals surface area (Å²) in [5.41, 5.74) is 1.71. The molecular weight excluding hydrogens is 380 g/mol. The molecule has 0 aliphatic heterocycles. The van der Waals surface area contributed by atoms with Gasteiger partial charge in [0.25, 0.3) is 0 Å². The first kappa shape index (κ1) is 19.2. The molecule has 3 aromatic rings. The van der Waals surface area contributed by atoms with Crippen LogP contribution in [0.25, 0.3) is 6.08 Å². The third-order valence-electron chi connectivity index (χ3n) is 3.54. The normalized spacial score (nSPS) is 11.3. The SMILES string of the molecule is Cc1nc(COc2ccccc2C=CC(=O)Nc2nnc(C(C)C)s2)cs1. The van der Waals surface area contributed by atoms with Gasteiger partial charge in [-0.2, -0.15) is 0 Å². The molecule has 27 heavy (non-hydrogen) atoms. The molecule has 1 aromatic carbocycles. The van der Waals surface area contributed by atoms with Gasteiger partial charge < -0.3 is 4.74 Å². The Hall–Kier alpha value is -2.58. The van der Waals surface area contributed by atoms with Crippen LogP contribution in [0.1, 0.15) is 41.0 Å². The number of thiazole rings is 1. The number of hydrogen-bond donors (Lipinski definition) is 1. The largest absolute Gasteiger partial charge is 0.487 e. The Kier molecular flexibility index (Phi) is 6.31. The number of anilines is 1. The van der Waals surface area contributed by atoms with Crippen molar-refractivity contribution in [1.29, 1.82) is 0 Å².